The van der Waals surface area contributed by atoms with Crippen molar-refractivity contribution in [3.63, 3.8) is 0 Å². The number of hydrogen-bond donors (Lipinski definition) is 1. The zero-order valence-electron chi connectivity index (χ0n) is 19.0. The smallest absolute Gasteiger partial charge is 0.325 e. The highest BCUT2D eigenvalue weighted by molar-refractivity contribution is 7.89. The minimum Gasteiger partial charge on any atom is -0.325 e. The van der Waals surface area contributed by atoms with Crippen LogP contribution in [0.15, 0.2) is 71.6 Å². The number of aryl methyl sites for hydroxylation is 1. The number of carbonyl (C=O) groups is 1. The van der Waals surface area contributed by atoms with Gasteiger partial charge in [-0.05, 0) is 55.0 Å². The third-order valence-corrected chi connectivity index (χ3v) is 7.14. The Bertz CT molecular complexity index is 1360. The van der Waals surface area contributed by atoms with Gasteiger partial charge >= 0.3 is 12.4 Å². The van der Waals surface area contributed by atoms with E-state index in [1.807, 2.05) is 5.32 Å². The normalized spacial score (nSPS) is 12.6. The third-order valence-electron chi connectivity index (χ3n) is 5.08. The summed E-state index contributed by atoms with van der Waals surface area (Å²) in [4.78, 5) is 12.5. The molecule has 37 heavy (non-hydrogen) atoms. The van der Waals surface area contributed by atoms with E-state index >= 15 is 0 Å². The molecular formula is C24H19ClF6N2O3S. The minimum absolute atomic E-state index is 0.0787. The van der Waals surface area contributed by atoms with Crippen molar-refractivity contribution in [2.45, 2.75) is 30.7 Å². The van der Waals surface area contributed by atoms with Crippen molar-refractivity contribution in [2.24, 2.45) is 0 Å². The van der Waals surface area contributed by atoms with Gasteiger partial charge in [0.25, 0.3) is 0 Å². The van der Waals surface area contributed by atoms with E-state index in [0.29, 0.717) is 17.7 Å². The second-order valence-corrected chi connectivity index (χ2v) is 10.4. The molecule has 0 fully saturated rings. The van der Waals surface area contributed by atoms with Crippen LogP contribution >= 0.6 is 11.6 Å². The Morgan fingerprint density at radius 3 is 1.97 bits per heavy atom. The summed E-state index contributed by atoms with van der Waals surface area (Å²) in [5.74, 6) is -1.14. The molecular weight excluding hydrogens is 546 g/mol. The molecule has 0 aliphatic rings. The lowest BCUT2D eigenvalue weighted by molar-refractivity contribution is -0.143. The molecule has 3 rings (SSSR count). The molecule has 0 unspecified atom stereocenters. The average molecular weight is 565 g/mol. The lowest BCUT2D eigenvalue weighted by Gasteiger charge is -2.22. The van der Waals surface area contributed by atoms with Gasteiger partial charge in [0.1, 0.15) is 0 Å². The van der Waals surface area contributed by atoms with Crippen LogP contribution in [0.1, 0.15) is 22.3 Å². The van der Waals surface area contributed by atoms with Crippen LogP contribution in [0.2, 0.25) is 5.02 Å². The second kappa shape index (κ2) is 10.7. The fourth-order valence-corrected chi connectivity index (χ4v) is 4.89. The quantitative estimate of drug-likeness (QED) is 0.333. The summed E-state index contributed by atoms with van der Waals surface area (Å²) in [6.07, 6.45) is -10.2. The van der Waals surface area contributed by atoms with Gasteiger partial charge in [0.15, 0.2) is 0 Å². The lowest BCUT2D eigenvalue weighted by Crippen LogP contribution is -2.37. The van der Waals surface area contributed by atoms with E-state index in [9.17, 15) is 39.6 Å². The van der Waals surface area contributed by atoms with Crippen LogP contribution in [-0.2, 0) is 33.7 Å². The van der Waals surface area contributed by atoms with Crippen molar-refractivity contribution >= 4 is 33.2 Å². The highest BCUT2D eigenvalue weighted by Gasteiger charge is 2.37. The molecule has 0 aliphatic heterocycles. The zero-order valence-corrected chi connectivity index (χ0v) is 20.6. The van der Waals surface area contributed by atoms with Gasteiger partial charge in [-0.15, -0.1) is 0 Å². The van der Waals surface area contributed by atoms with Crippen LogP contribution in [0.25, 0.3) is 0 Å². The number of nitrogens with zero attached hydrogens (tertiary/aromatic N) is 1. The second-order valence-electron chi connectivity index (χ2n) is 8.06. The van der Waals surface area contributed by atoms with E-state index in [-0.39, 0.29) is 22.5 Å². The van der Waals surface area contributed by atoms with Crippen LogP contribution in [0.4, 0.5) is 32.0 Å². The number of anilines is 1. The van der Waals surface area contributed by atoms with E-state index in [1.165, 1.54) is 24.3 Å². The topological polar surface area (TPSA) is 66.5 Å². The van der Waals surface area contributed by atoms with Crippen molar-refractivity contribution < 1.29 is 39.6 Å². The van der Waals surface area contributed by atoms with E-state index in [0.717, 1.165) is 9.87 Å². The number of rotatable bonds is 7. The molecule has 3 aromatic rings. The number of halogens is 7. The Morgan fingerprint density at radius 1 is 0.892 bits per heavy atom. The molecule has 0 saturated carbocycles. The standard InChI is InChI=1S/C24H19ClF6N2O3S/c1-15-3-2-4-16(9-15)13-33(37(35,36)21-7-5-19(25)6-8-21)14-22(34)32-20-11-17(23(26,27)28)10-18(12-20)24(29,30)31/h2-12H,13-14H2,1H3,(H,32,34). The number of benzene rings is 3. The fraction of sp³-hybridized carbons (Fsp3) is 0.208. The Hall–Kier alpha value is -3.09. The van der Waals surface area contributed by atoms with Crippen LogP contribution in [0.5, 0.6) is 0 Å². The molecule has 0 aliphatic carbocycles. The molecule has 0 radical (unpaired) electrons. The molecule has 1 N–H and O–H groups in total. The van der Waals surface area contributed by atoms with Crippen LogP contribution in [0, 0.1) is 6.92 Å². The van der Waals surface area contributed by atoms with Gasteiger partial charge in [0, 0.05) is 17.3 Å². The molecule has 198 valence electrons. The fourth-order valence-electron chi connectivity index (χ4n) is 3.38. The number of nitrogens with one attached hydrogen (secondary N) is 1. The van der Waals surface area contributed by atoms with Gasteiger partial charge in [-0.1, -0.05) is 41.4 Å². The maximum Gasteiger partial charge on any atom is 0.416 e. The van der Waals surface area contributed by atoms with Gasteiger partial charge in [0.2, 0.25) is 15.9 Å². The number of alkyl halides is 6. The Labute approximate surface area is 213 Å². The first-order valence-corrected chi connectivity index (χ1v) is 12.3. The van der Waals surface area contributed by atoms with Crippen molar-refractivity contribution in [1.29, 1.82) is 0 Å². The summed E-state index contributed by atoms with van der Waals surface area (Å²) in [5, 5.41) is 2.22. The van der Waals surface area contributed by atoms with E-state index in [2.05, 4.69) is 0 Å². The SMILES string of the molecule is Cc1cccc(CN(CC(=O)Nc2cc(C(F)(F)F)cc(C(F)(F)F)c2)S(=O)(=O)c2ccc(Cl)cc2)c1. The Balaban J connectivity index is 1.95. The first-order chi connectivity index (χ1) is 17.1. The summed E-state index contributed by atoms with van der Waals surface area (Å²) in [6.45, 7) is 0.576. The Kier molecular flexibility index (Phi) is 8.25. The highest BCUT2D eigenvalue weighted by atomic mass is 35.5. The molecule has 3 aromatic carbocycles. The maximum atomic E-state index is 13.3. The minimum atomic E-state index is -5.12. The predicted molar refractivity (Wildman–Crippen MR) is 125 cm³/mol. The average Bonchev–Trinajstić information content (AvgIpc) is 2.77. The molecule has 1 amide bonds. The molecule has 0 heterocycles. The molecule has 0 saturated heterocycles. The highest BCUT2D eigenvalue weighted by Crippen LogP contribution is 2.37. The third kappa shape index (κ3) is 7.46. The van der Waals surface area contributed by atoms with E-state index < -0.39 is 51.6 Å². The summed E-state index contributed by atoms with van der Waals surface area (Å²) in [5.41, 5.74) is -2.73. The largest absolute Gasteiger partial charge is 0.416 e. The van der Waals surface area contributed by atoms with Crippen molar-refractivity contribution in [2.75, 3.05) is 11.9 Å². The van der Waals surface area contributed by atoms with Crippen LogP contribution < -0.4 is 5.32 Å². The van der Waals surface area contributed by atoms with E-state index in [1.54, 1.807) is 31.2 Å². The number of hydrogen-bond acceptors (Lipinski definition) is 3. The molecule has 0 aromatic heterocycles. The predicted octanol–water partition coefficient (Wildman–Crippen LogP) is 6.52. The lowest BCUT2D eigenvalue weighted by atomic mass is 10.1. The molecule has 0 atom stereocenters. The van der Waals surface area contributed by atoms with Gasteiger partial charge in [0.05, 0.1) is 22.6 Å². The molecule has 0 bridgehead atoms. The number of amides is 1. The van der Waals surface area contributed by atoms with Crippen LogP contribution in [-0.4, -0.2) is 25.2 Å². The molecule has 5 nitrogen and oxygen atoms in total. The van der Waals surface area contributed by atoms with Gasteiger partial charge in [-0.25, -0.2) is 8.42 Å². The van der Waals surface area contributed by atoms with Gasteiger partial charge in [-0.2, -0.15) is 30.6 Å². The van der Waals surface area contributed by atoms with Crippen molar-refractivity contribution in [3.05, 3.63) is 94.0 Å². The molecule has 13 heteroatoms. The van der Waals surface area contributed by atoms with Crippen LogP contribution in [0.3, 0.4) is 0 Å². The van der Waals surface area contributed by atoms with E-state index in [4.69, 9.17) is 11.6 Å². The monoisotopic (exact) mass is 564 g/mol. The van der Waals surface area contributed by atoms with Crippen molar-refractivity contribution in [1.82, 2.24) is 4.31 Å². The summed E-state index contributed by atoms with van der Waals surface area (Å²) in [6, 6.07) is 12.4. The number of sulfonamides is 1. The van der Waals surface area contributed by atoms with Crippen molar-refractivity contribution in [3.8, 4) is 0 Å². The summed E-state index contributed by atoms with van der Waals surface area (Å²) in [7, 11) is -4.33. The number of carbonyl (C=O) groups excluding carboxylic acids is 1. The zero-order chi connectivity index (χ0) is 27.6. The maximum absolute atomic E-state index is 13.3. The first-order valence-electron chi connectivity index (χ1n) is 10.5. The molecule has 0 spiro atoms. The first kappa shape index (κ1) is 28.5. The Morgan fingerprint density at radius 2 is 1.46 bits per heavy atom. The van der Waals surface area contributed by atoms with Gasteiger partial charge < -0.3 is 5.32 Å². The van der Waals surface area contributed by atoms with Gasteiger partial charge in [-0.3, -0.25) is 4.79 Å². The summed E-state index contributed by atoms with van der Waals surface area (Å²) < 4.78 is 106. The summed E-state index contributed by atoms with van der Waals surface area (Å²) >= 11 is 5.82.